The van der Waals surface area contributed by atoms with Crippen molar-refractivity contribution < 1.29 is 18.7 Å². The monoisotopic (exact) mass is 168 g/mol. The van der Waals surface area contributed by atoms with Gasteiger partial charge in [0.1, 0.15) is 0 Å². The lowest BCUT2D eigenvalue weighted by Crippen LogP contribution is -2.08. The van der Waals surface area contributed by atoms with E-state index in [1.807, 2.05) is 0 Å². The average Bonchev–Trinajstić information content (AvgIpc) is 2.01. The Bertz CT molecular complexity index is 128. The van der Waals surface area contributed by atoms with Crippen LogP contribution in [-0.4, -0.2) is 25.2 Å². The summed E-state index contributed by atoms with van der Waals surface area (Å²) in [7, 11) is -0.710. The molecule has 0 aromatic rings. The van der Waals surface area contributed by atoms with Crippen LogP contribution in [0.5, 0.6) is 0 Å². The second kappa shape index (κ2) is 4.09. The van der Waals surface area contributed by atoms with Crippen molar-refractivity contribution in [2.24, 2.45) is 0 Å². The predicted octanol–water partition coefficient (Wildman–Crippen LogP) is 1.20. The zero-order valence-corrected chi connectivity index (χ0v) is 7.30. The van der Waals surface area contributed by atoms with Crippen molar-refractivity contribution in [3.63, 3.8) is 0 Å². The van der Waals surface area contributed by atoms with Crippen LogP contribution >= 0.6 is 7.60 Å². The lowest BCUT2D eigenvalue weighted by atomic mass is 10.5. The summed E-state index contributed by atoms with van der Waals surface area (Å²) in [4.78, 5) is 0. The molecular weight excluding hydrogens is 155 g/mol. The van der Waals surface area contributed by atoms with E-state index in [-0.39, 0.29) is 0 Å². The molecule has 62 valence electrons. The van der Waals surface area contributed by atoms with Gasteiger partial charge in [0.15, 0.2) is 5.85 Å². The molecule has 0 aromatic heterocycles. The molecule has 0 bridgehead atoms. The maximum atomic E-state index is 11.2. The second-order valence-electron chi connectivity index (χ2n) is 1.79. The predicted molar refractivity (Wildman–Crippen MR) is 37.9 cm³/mol. The zero-order valence-electron chi connectivity index (χ0n) is 6.40. The second-order valence-corrected chi connectivity index (χ2v) is 4.20. The van der Waals surface area contributed by atoms with E-state index in [1.165, 1.54) is 14.2 Å². The van der Waals surface area contributed by atoms with Crippen molar-refractivity contribution in [3.8, 4) is 0 Å². The topological polar surface area (TPSA) is 55.8 Å². The summed E-state index contributed by atoms with van der Waals surface area (Å²) in [5.41, 5.74) is 0. The first-order valence-electron chi connectivity index (χ1n) is 3.00. The summed E-state index contributed by atoms with van der Waals surface area (Å²) in [6.45, 7) is 1.70. The van der Waals surface area contributed by atoms with Gasteiger partial charge in [-0.25, -0.2) is 0 Å². The number of hydrogen-bond donors (Lipinski definition) is 1. The van der Waals surface area contributed by atoms with Crippen LogP contribution in [-0.2, 0) is 13.6 Å². The Morgan fingerprint density at radius 3 is 2.00 bits per heavy atom. The minimum Gasteiger partial charge on any atom is -0.380 e. The SMILES string of the molecule is CC[C@@H](O)P(=O)(OC)OC. The summed E-state index contributed by atoms with van der Waals surface area (Å²) in [6, 6.07) is 0. The summed E-state index contributed by atoms with van der Waals surface area (Å²) in [6.07, 6.45) is 0.360. The Labute approximate surface area is 60.7 Å². The minimum absolute atomic E-state index is 0.360. The van der Waals surface area contributed by atoms with Crippen molar-refractivity contribution in [2.45, 2.75) is 19.2 Å². The Balaban J connectivity index is 4.18. The highest BCUT2D eigenvalue weighted by Crippen LogP contribution is 2.51. The van der Waals surface area contributed by atoms with Gasteiger partial charge in [0, 0.05) is 14.2 Å². The van der Waals surface area contributed by atoms with Gasteiger partial charge in [-0.3, -0.25) is 4.57 Å². The molecule has 0 unspecified atom stereocenters. The van der Waals surface area contributed by atoms with Gasteiger partial charge in [-0.2, -0.15) is 0 Å². The Kier molecular flexibility index (Phi) is 4.13. The molecule has 0 amide bonds. The van der Waals surface area contributed by atoms with Crippen LogP contribution in [0.3, 0.4) is 0 Å². The van der Waals surface area contributed by atoms with Crippen molar-refractivity contribution in [3.05, 3.63) is 0 Å². The van der Waals surface area contributed by atoms with E-state index in [9.17, 15) is 4.57 Å². The lowest BCUT2D eigenvalue weighted by Gasteiger charge is -2.17. The molecular formula is C5H13O4P. The first-order chi connectivity index (χ1) is 4.60. The third-order valence-electron chi connectivity index (χ3n) is 1.24. The average molecular weight is 168 g/mol. The minimum atomic E-state index is -3.22. The quantitative estimate of drug-likeness (QED) is 0.641. The van der Waals surface area contributed by atoms with Crippen LogP contribution < -0.4 is 0 Å². The first-order valence-corrected chi connectivity index (χ1v) is 4.61. The van der Waals surface area contributed by atoms with Gasteiger partial charge in [-0.05, 0) is 6.42 Å². The largest absolute Gasteiger partial charge is 0.380 e. The van der Waals surface area contributed by atoms with Gasteiger partial charge in [0.2, 0.25) is 0 Å². The smallest absolute Gasteiger partial charge is 0.358 e. The Morgan fingerprint density at radius 1 is 1.50 bits per heavy atom. The van der Waals surface area contributed by atoms with Gasteiger partial charge >= 0.3 is 7.60 Å². The lowest BCUT2D eigenvalue weighted by molar-refractivity contribution is 0.171. The fraction of sp³-hybridized carbons (Fsp3) is 1.00. The first kappa shape index (κ1) is 10.1. The summed E-state index contributed by atoms with van der Waals surface area (Å²) >= 11 is 0. The molecule has 0 aromatic carbocycles. The number of hydrogen-bond acceptors (Lipinski definition) is 4. The highest BCUT2D eigenvalue weighted by Gasteiger charge is 2.30. The van der Waals surface area contributed by atoms with E-state index in [0.717, 1.165) is 0 Å². The van der Waals surface area contributed by atoms with Crippen LogP contribution in [0.2, 0.25) is 0 Å². The van der Waals surface area contributed by atoms with Crippen LogP contribution in [0.1, 0.15) is 13.3 Å². The molecule has 0 aliphatic heterocycles. The molecule has 10 heavy (non-hydrogen) atoms. The van der Waals surface area contributed by atoms with Crippen LogP contribution in [0, 0.1) is 0 Å². The molecule has 0 saturated heterocycles. The Morgan fingerprint density at radius 2 is 1.90 bits per heavy atom. The molecule has 0 radical (unpaired) electrons. The Hall–Kier alpha value is 0.110. The summed E-state index contributed by atoms with van der Waals surface area (Å²) in [5, 5.41) is 9.06. The van der Waals surface area contributed by atoms with Gasteiger partial charge in [0.25, 0.3) is 0 Å². The maximum Gasteiger partial charge on any atom is 0.358 e. The molecule has 4 nitrogen and oxygen atoms in total. The number of aliphatic hydroxyl groups is 1. The van der Waals surface area contributed by atoms with Crippen LogP contribution in [0.25, 0.3) is 0 Å². The van der Waals surface area contributed by atoms with E-state index in [0.29, 0.717) is 6.42 Å². The van der Waals surface area contributed by atoms with Crippen LogP contribution in [0.15, 0.2) is 0 Å². The highest BCUT2D eigenvalue weighted by molar-refractivity contribution is 7.54. The molecule has 1 N–H and O–H groups in total. The molecule has 0 spiro atoms. The maximum absolute atomic E-state index is 11.2. The number of rotatable bonds is 4. The molecule has 0 saturated carbocycles. The van der Waals surface area contributed by atoms with Crippen molar-refractivity contribution >= 4 is 7.60 Å². The van der Waals surface area contributed by atoms with E-state index < -0.39 is 13.4 Å². The van der Waals surface area contributed by atoms with Crippen molar-refractivity contribution in [1.82, 2.24) is 0 Å². The molecule has 0 aliphatic rings. The van der Waals surface area contributed by atoms with E-state index in [4.69, 9.17) is 5.11 Å². The van der Waals surface area contributed by atoms with Crippen molar-refractivity contribution in [1.29, 1.82) is 0 Å². The molecule has 0 heterocycles. The van der Waals surface area contributed by atoms with E-state index in [1.54, 1.807) is 6.92 Å². The molecule has 0 rings (SSSR count). The molecule has 5 heteroatoms. The molecule has 1 atom stereocenters. The standard InChI is InChI=1S/C5H13O4P/c1-4-5(6)10(7,8-2)9-3/h5-6H,4H2,1-3H3/t5-/m0/s1. The third kappa shape index (κ3) is 2.06. The van der Waals surface area contributed by atoms with Gasteiger partial charge in [0.05, 0.1) is 0 Å². The molecule has 0 fully saturated rings. The molecule has 0 aliphatic carbocycles. The van der Waals surface area contributed by atoms with Gasteiger partial charge in [-0.15, -0.1) is 0 Å². The fourth-order valence-corrected chi connectivity index (χ4v) is 1.62. The van der Waals surface area contributed by atoms with E-state index in [2.05, 4.69) is 9.05 Å². The number of aliphatic hydroxyl groups excluding tert-OH is 1. The van der Waals surface area contributed by atoms with Crippen molar-refractivity contribution in [2.75, 3.05) is 14.2 Å². The zero-order chi connectivity index (χ0) is 8.20. The van der Waals surface area contributed by atoms with Gasteiger partial charge in [-0.1, -0.05) is 6.92 Å². The summed E-state index contributed by atoms with van der Waals surface area (Å²) in [5.74, 6) is -1.01. The normalized spacial score (nSPS) is 15.2. The van der Waals surface area contributed by atoms with Crippen LogP contribution in [0.4, 0.5) is 0 Å². The van der Waals surface area contributed by atoms with Gasteiger partial charge < -0.3 is 14.2 Å². The van der Waals surface area contributed by atoms with E-state index >= 15 is 0 Å². The highest BCUT2D eigenvalue weighted by atomic mass is 31.2. The third-order valence-corrected chi connectivity index (χ3v) is 3.35. The summed E-state index contributed by atoms with van der Waals surface area (Å²) < 4.78 is 20.2. The fourth-order valence-electron chi connectivity index (χ4n) is 0.541.